The number of halogens is 1. The van der Waals surface area contributed by atoms with E-state index in [9.17, 15) is 0 Å². The number of rotatable bonds is 17. The molecule has 2 unspecified atom stereocenters. The first-order valence-electron chi connectivity index (χ1n) is 10.7. The van der Waals surface area contributed by atoms with Crippen molar-refractivity contribution in [3.8, 4) is 0 Å². The molecule has 0 aromatic rings. The van der Waals surface area contributed by atoms with Crippen molar-refractivity contribution in [3.05, 3.63) is 0 Å². The van der Waals surface area contributed by atoms with Gasteiger partial charge in [0.15, 0.2) is 0 Å². The average Bonchev–Trinajstić information content (AvgIpc) is 2.54. The van der Waals surface area contributed by atoms with Gasteiger partial charge >= 0.3 is 0 Å². The zero-order valence-electron chi connectivity index (χ0n) is 17.5. The SMILES string of the molecule is CCCCCCCCCCCCCCCCC(C)C(C)(Cl)CC.N. The highest BCUT2D eigenvalue weighted by Gasteiger charge is 2.25. The van der Waals surface area contributed by atoms with Gasteiger partial charge in [-0.2, -0.15) is 0 Å². The van der Waals surface area contributed by atoms with Crippen molar-refractivity contribution in [1.82, 2.24) is 6.15 Å². The highest BCUT2D eigenvalue weighted by atomic mass is 35.5. The highest BCUT2D eigenvalue weighted by Crippen LogP contribution is 2.32. The molecular weight excluding hydrogens is 314 g/mol. The quantitative estimate of drug-likeness (QED) is 0.203. The van der Waals surface area contributed by atoms with Gasteiger partial charge in [0.1, 0.15) is 0 Å². The summed E-state index contributed by atoms with van der Waals surface area (Å²) in [6.07, 6.45) is 22.5. The van der Waals surface area contributed by atoms with Crippen LogP contribution in [0.25, 0.3) is 0 Å². The first-order valence-corrected chi connectivity index (χ1v) is 11.1. The smallest absolute Gasteiger partial charge is 0.0441 e. The second kappa shape index (κ2) is 18.1. The summed E-state index contributed by atoms with van der Waals surface area (Å²) in [6.45, 7) is 9.01. The van der Waals surface area contributed by atoms with Crippen LogP contribution in [0, 0.1) is 5.92 Å². The van der Waals surface area contributed by atoms with Gasteiger partial charge in [-0.05, 0) is 25.7 Å². The van der Waals surface area contributed by atoms with Crippen LogP contribution in [0.3, 0.4) is 0 Å². The van der Waals surface area contributed by atoms with Crippen molar-refractivity contribution in [2.75, 3.05) is 0 Å². The first-order chi connectivity index (χ1) is 11.0. The van der Waals surface area contributed by atoms with Crippen LogP contribution in [-0.2, 0) is 0 Å². The summed E-state index contributed by atoms with van der Waals surface area (Å²) < 4.78 is 0. The first kappa shape index (κ1) is 26.5. The number of alkyl halides is 1. The number of hydrogen-bond acceptors (Lipinski definition) is 1. The standard InChI is InChI=1S/C22H45Cl.H3N/c1-5-7-8-9-10-11-12-13-14-15-16-17-18-19-20-21(3)22(4,23)6-2;/h21H,5-20H2,1-4H3;1H3. The van der Waals surface area contributed by atoms with Gasteiger partial charge in [0.25, 0.3) is 0 Å². The Labute approximate surface area is 159 Å². The molecule has 0 spiro atoms. The Morgan fingerprint density at radius 1 is 0.667 bits per heavy atom. The van der Waals surface area contributed by atoms with Crippen LogP contribution < -0.4 is 6.15 Å². The molecule has 148 valence electrons. The lowest BCUT2D eigenvalue weighted by molar-refractivity contribution is 0.370. The predicted molar refractivity (Wildman–Crippen MR) is 114 cm³/mol. The Bertz CT molecular complexity index is 240. The molecule has 0 amide bonds. The topological polar surface area (TPSA) is 35.0 Å². The van der Waals surface area contributed by atoms with Gasteiger partial charge in [-0.3, -0.25) is 0 Å². The summed E-state index contributed by atoms with van der Waals surface area (Å²) in [5.74, 6) is 0.645. The maximum Gasteiger partial charge on any atom is 0.0441 e. The Kier molecular flexibility index (Phi) is 19.9. The molecule has 1 nitrogen and oxygen atoms in total. The van der Waals surface area contributed by atoms with Gasteiger partial charge in [0.05, 0.1) is 0 Å². The van der Waals surface area contributed by atoms with Gasteiger partial charge in [-0.1, -0.05) is 111 Å². The van der Waals surface area contributed by atoms with Crippen molar-refractivity contribution in [2.45, 2.75) is 135 Å². The summed E-state index contributed by atoms with van der Waals surface area (Å²) in [5.41, 5.74) is 0. The fraction of sp³-hybridized carbons (Fsp3) is 1.00. The average molecular weight is 362 g/mol. The van der Waals surface area contributed by atoms with Crippen LogP contribution in [0.4, 0.5) is 0 Å². The van der Waals surface area contributed by atoms with Crippen LogP contribution in [0.1, 0.15) is 130 Å². The van der Waals surface area contributed by atoms with Gasteiger partial charge in [0.2, 0.25) is 0 Å². The van der Waals surface area contributed by atoms with Gasteiger partial charge in [-0.25, -0.2) is 0 Å². The molecule has 0 bridgehead atoms. The zero-order chi connectivity index (χ0) is 17.4. The molecule has 0 fully saturated rings. The summed E-state index contributed by atoms with van der Waals surface area (Å²) in [7, 11) is 0. The summed E-state index contributed by atoms with van der Waals surface area (Å²) >= 11 is 6.53. The summed E-state index contributed by atoms with van der Waals surface area (Å²) in [6, 6.07) is 0. The van der Waals surface area contributed by atoms with E-state index in [1.807, 2.05) is 0 Å². The number of hydrogen-bond donors (Lipinski definition) is 1. The van der Waals surface area contributed by atoms with E-state index in [1.54, 1.807) is 0 Å². The Morgan fingerprint density at radius 3 is 1.33 bits per heavy atom. The second-order valence-corrected chi connectivity index (χ2v) is 8.78. The molecule has 0 radical (unpaired) electrons. The summed E-state index contributed by atoms with van der Waals surface area (Å²) in [5, 5.41) is 0. The van der Waals surface area contributed by atoms with Crippen molar-refractivity contribution in [2.24, 2.45) is 5.92 Å². The van der Waals surface area contributed by atoms with Crippen LogP contribution in [-0.4, -0.2) is 4.87 Å². The molecule has 0 heterocycles. The van der Waals surface area contributed by atoms with E-state index in [2.05, 4.69) is 27.7 Å². The van der Waals surface area contributed by atoms with E-state index in [-0.39, 0.29) is 11.0 Å². The lowest BCUT2D eigenvalue weighted by Crippen LogP contribution is -2.25. The molecule has 2 heteroatoms. The molecule has 2 atom stereocenters. The van der Waals surface area contributed by atoms with E-state index in [4.69, 9.17) is 11.6 Å². The minimum atomic E-state index is 0. The predicted octanol–water partition coefficient (Wildman–Crippen LogP) is 9.06. The molecule has 0 aliphatic heterocycles. The van der Waals surface area contributed by atoms with E-state index >= 15 is 0 Å². The normalized spacial score (nSPS) is 14.9. The van der Waals surface area contributed by atoms with Crippen molar-refractivity contribution < 1.29 is 0 Å². The van der Waals surface area contributed by atoms with Crippen LogP contribution in [0.5, 0.6) is 0 Å². The Balaban J connectivity index is 0. The fourth-order valence-electron chi connectivity index (χ4n) is 3.29. The maximum atomic E-state index is 6.53. The van der Waals surface area contributed by atoms with Crippen LogP contribution >= 0.6 is 11.6 Å². The molecule has 0 saturated heterocycles. The molecule has 0 aromatic heterocycles. The lowest BCUT2D eigenvalue weighted by atomic mass is 9.88. The minimum Gasteiger partial charge on any atom is -0.344 e. The Hall–Kier alpha value is 0.250. The third-order valence-corrected chi connectivity index (χ3v) is 6.35. The van der Waals surface area contributed by atoms with Crippen molar-refractivity contribution in [1.29, 1.82) is 0 Å². The van der Waals surface area contributed by atoms with Crippen molar-refractivity contribution in [3.63, 3.8) is 0 Å². The largest absolute Gasteiger partial charge is 0.344 e. The fourth-order valence-corrected chi connectivity index (χ4v) is 3.40. The molecule has 0 saturated carbocycles. The van der Waals surface area contributed by atoms with Crippen LogP contribution in [0.15, 0.2) is 0 Å². The highest BCUT2D eigenvalue weighted by molar-refractivity contribution is 6.23. The Morgan fingerprint density at radius 2 is 1.00 bits per heavy atom. The molecule has 3 N–H and O–H groups in total. The molecular formula is C22H48ClN. The monoisotopic (exact) mass is 361 g/mol. The molecule has 24 heavy (non-hydrogen) atoms. The molecule has 0 aliphatic carbocycles. The third-order valence-electron chi connectivity index (χ3n) is 5.71. The summed E-state index contributed by atoms with van der Waals surface area (Å²) in [4.78, 5) is 0.0105. The second-order valence-electron chi connectivity index (χ2n) is 7.92. The zero-order valence-corrected chi connectivity index (χ0v) is 18.2. The minimum absolute atomic E-state index is 0. The van der Waals surface area contributed by atoms with E-state index in [1.165, 1.54) is 96.3 Å². The number of unbranched alkanes of at least 4 members (excludes halogenated alkanes) is 13. The van der Waals surface area contributed by atoms with Gasteiger partial charge in [0, 0.05) is 4.87 Å². The van der Waals surface area contributed by atoms with E-state index in [0.717, 1.165) is 6.42 Å². The van der Waals surface area contributed by atoms with E-state index in [0.29, 0.717) is 5.92 Å². The third kappa shape index (κ3) is 15.8. The molecule has 0 aromatic carbocycles. The lowest BCUT2D eigenvalue weighted by Gasteiger charge is -2.28. The van der Waals surface area contributed by atoms with Crippen molar-refractivity contribution >= 4 is 11.6 Å². The molecule has 0 rings (SSSR count). The maximum absolute atomic E-state index is 6.53. The van der Waals surface area contributed by atoms with Gasteiger partial charge in [-0.15, -0.1) is 11.6 Å². The van der Waals surface area contributed by atoms with Gasteiger partial charge < -0.3 is 6.15 Å². The molecule has 0 aliphatic rings. The van der Waals surface area contributed by atoms with Crippen LogP contribution in [0.2, 0.25) is 0 Å². The van der Waals surface area contributed by atoms with E-state index < -0.39 is 0 Å².